The summed E-state index contributed by atoms with van der Waals surface area (Å²) in [5.41, 5.74) is 8.60. The fourth-order valence-electron chi connectivity index (χ4n) is 3.42. The summed E-state index contributed by atoms with van der Waals surface area (Å²) in [6.07, 6.45) is 4.78. The first-order valence-corrected chi connectivity index (χ1v) is 7.54. The highest BCUT2D eigenvalue weighted by atomic mass is 16.5. The molecule has 0 saturated heterocycles. The molecule has 0 heterocycles. The van der Waals surface area contributed by atoms with Crippen molar-refractivity contribution in [2.24, 2.45) is 5.73 Å². The number of benzene rings is 1. The first kappa shape index (κ1) is 15.2. The van der Waals surface area contributed by atoms with Crippen molar-refractivity contribution in [3.05, 3.63) is 23.3 Å². The Morgan fingerprint density at radius 2 is 1.70 bits per heavy atom. The summed E-state index contributed by atoms with van der Waals surface area (Å²) in [5.74, 6) is 2.32. The van der Waals surface area contributed by atoms with E-state index in [9.17, 15) is 0 Å². The zero-order valence-electron chi connectivity index (χ0n) is 13.2. The van der Waals surface area contributed by atoms with E-state index in [1.165, 1.54) is 24.0 Å². The van der Waals surface area contributed by atoms with Crippen molar-refractivity contribution < 1.29 is 9.47 Å². The summed E-state index contributed by atoms with van der Waals surface area (Å²) in [7, 11) is 3.48. The van der Waals surface area contributed by atoms with Crippen LogP contribution in [0.25, 0.3) is 0 Å². The minimum absolute atomic E-state index is 0.0636. The van der Waals surface area contributed by atoms with Crippen LogP contribution in [0, 0.1) is 0 Å². The highest BCUT2D eigenvalue weighted by Gasteiger charge is 2.37. The first-order valence-electron chi connectivity index (χ1n) is 7.54. The number of ether oxygens (including phenoxy) is 2. The van der Waals surface area contributed by atoms with Gasteiger partial charge in [-0.05, 0) is 30.9 Å². The molecule has 112 valence electrons. The van der Waals surface area contributed by atoms with Gasteiger partial charge in [0.15, 0.2) is 0 Å². The molecule has 1 fully saturated rings. The van der Waals surface area contributed by atoms with Crippen molar-refractivity contribution in [3.63, 3.8) is 0 Å². The van der Waals surface area contributed by atoms with Crippen LogP contribution < -0.4 is 15.2 Å². The molecule has 0 spiro atoms. The average Bonchev–Trinajstić information content (AvgIpc) is 2.95. The van der Waals surface area contributed by atoms with Gasteiger partial charge >= 0.3 is 0 Å². The minimum Gasteiger partial charge on any atom is -0.496 e. The number of hydrogen-bond donors (Lipinski definition) is 1. The Kier molecular flexibility index (Phi) is 4.59. The van der Waals surface area contributed by atoms with E-state index < -0.39 is 0 Å². The quantitative estimate of drug-likeness (QED) is 0.894. The summed E-state index contributed by atoms with van der Waals surface area (Å²) in [4.78, 5) is 0. The van der Waals surface area contributed by atoms with Crippen molar-refractivity contribution >= 4 is 0 Å². The second kappa shape index (κ2) is 6.04. The van der Waals surface area contributed by atoms with E-state index in [1.807, 2.05) is 0 Å². The van der Waals surface area contributed by atoms with Crippen LogP contribution in [-0.4, -0.2) is 20.8 Å². The maximum Gasteiger partial charge on any atom is 0.123 e. The molecule has 1 aromatic carbocycles. The van der Waals surface area contributed by atoms with Crippen LogP contribution in [0.3, 0.4) is 0 Å². The molecule has 20 heavy (non-hydrogen) atoms. The number of rotatable bonds is 5. The largest absolute Gasteiger partial charge is 0.496 e. The highest BCUT2D eigenvalue weighted by molar-refractivity contribution is 5.51. The molecule has 0 atom stereocenters. The Hall–Kier alpha value is -1.22. The summed E-state index contributed by atoms with van der Waals surface area (Å²) >= 11 is 0. The van der Waals surface area contributed by atoms with Crippen LogP contribution in [0.2, 0.25) is 0 Å². The maximum atomic E-state index is 6.12. The van der Waals surface area contributed by atoms with Crippen LogP contribution in [0.15, 0.2) is 12.1 Å². The fraction of sp³-hybridized carbons (Fsp3) is 0.647. The van der Waals surface area contributed by atoms with E-state index in [0.717, 1.165) is 24.3 Å². The van der Waals surface area contributed by atoms with E-state index in [-0.39, 0.29) is 5.41 Å². The van der Waals surface area contributed by atoms with Gasteiger partial charge in [-0.25, -0.2) is 0 Å². The predicted molar refractivity (Wildman–Crippen MR) is 82.8 cm³/mol. The Morgan fingerprint density at radius 1 is 1.10 bits per heavy atom. The van der Waals surface area contributed by atoms with E-state index in [1.54, 1.807) is 14.2 Å². The van der Waals surface area contributed by atoms with Crippen molar-refractivity contribution in [1.29, 1.82) is 0 Å². The standard InChI is InChI=1S/C17H27NO2/c1-12(2)13-9-16(20-4)14(10-15(13)19-3)17(11-18)7-5-6-8-17/h9-10,12H,5-8,11,18H2,1-4H3. The monoisotopic (exact) mass is 277 g/mol. The first-order chi connectivity index (χ1) is 9.57. The van der Waals surface area contributed by atoms with Crippen LogP contribution in [-0.2, 0) is 5.41 Å². The van der Waals surface area contributed by atoms with E-state index >= 15 is 0 Å². The van der Waals surface area contributed by atoms with Crippen molar-refractivity contribution in [1.82, 2.24) is 0 Å². The lowest BCUT2D eigenvalue weighted by Gasteiger charge is -2.31. The molecular weight excluding hydrogens is 250 g/mol. The third kappa shape index (κ3) is 2.51. The molecular formula is C17H27NO2. The van der Waals surface area contributed by atoms with Gasteiger partial charge in [0.2, 0.25) is 0 Å². The van der Waals surface area contributed by atoms with Crippen LogP contribution >= 0.6 is 0 Å². The molecule has 0 amide bonds. The van der Waals surface area contributed by atoms with Gasteiger partial charge < -0.3 is 15.2 Å². The lowest BCUT2D eigenvalue weighted by atomic mass is 9.77. The lowest BCUT2D eigenvalue weighted by molar-refractivity contribution is 0.367. The van der Waals surface area contributed by atoms with Crippen LogP contribution in [0.1, 0.15) is 56.6 Å². The van der Waals surface area contributed by atoms with Gasteiger partial charge in [-0.2, -0.15) is 0 Å². The van der Waals surface area contributed by atoms with Gasteiger partial charge in [-0.3, -0.25) is 0 Å². The second-order valence-corrected chi connectivity index (χ2v) is 6.14. The molecule has 0 bridgehead atoms. The van der Waals surface area contributed by atoms with Crippen molar-refractivity contribution in [2.45, 2.75) is 50.9 Å². The lowest BCUT2D eigenvalue weighted by Crippen LogP contribution is -2.32. The van der Waals surface area contributed by atoms with Gasteiger partial charge in [-0.1, -0.05) is 26.7 Å². The SMILES string of the molecule is COc1cc(C2(CN)CCCC2)c(OC)cc1C(C)C. The van der Waals surface area contributed by atoms with E-state index in [4.69, 9.17) is 15.2 Å². The normalized spacial score (nSPS) is 17.5. The molecule has 1 aliphatic carbocycles. The molecule has 2 rings (SSSR count). The summed E-state index contributed by atoms with van der Waals surface area (Å²) in [6.45, 7) is 5.02. The molecule has 1 aliphatic rings. The zero-order valence-corrected chi connectivity index (χ0v) is 13.2. The van der Waals surface area contributed by atoms with E-state index in [0.29, 0.717) is 12.5 Å². The minimum atomic E-state index is 0.0636. The molecule has 0 radical (unpaired) electrons. The van der Waals surface area contributed by atoms with Crippen molar-refractivity contribution in [3.8, 4) is 11.5 Å². The topological polar surface area (TPSA) is 44.5 Å². The maximum absolute atomic E-state index is 6.12. The third-order valence-electron chi connectivity index (χ3n) is 4.70. The molecule has 1 saturated carbocycles. The predicted octanol–water partition coefficient (Wildman–Crippen LogP) is 3.60. The van der Waals surface area contributed by atoms with Crippen LogP contribution in [0.5, 0.6) is 11.5 Å². The van der Waals surface area contributed by atoms with Gasteiger partial charge in [0, 0.05) is 23.1 Å². The van der Waals surface area contributed by atoms with Gasteiger partial charge in [0.05, 0.1) is 14.2 Å². The number of hydrogen-bond acceptors (Lipinski definition) is 3. The number of methoxy groups -OCH3 is 2. The van der Waals surface area contributed by atoms with Gasteiger partial charge in [0.25, 0.3) is 0 Å². The smallest absolute Gasteiger partial charge is 0.123 e. The molecule has 0 unspecified atom stereocenters. The average molecular weight is 277 g/mol. The number of nitrogens with two attached hydrogens (primary N) is 1. The molecule has 3 heteroatoms. The third-order valence-corrected chi connectivity index (χ3v) is 4.70. The molecule has 2 N–H and O–H groups in total. The molecule has 3 nitrogen and oxygen atoms in total. The Labute approximate surface area is 122 Å². The fourth-order valence-corrected chi connectivity index (χ4v) is 3.42. The Balaban J connectivity index is 2.57. The molecule has 0 aliphatic heterocycles. The molecule has 0 aromatic heterocycles. The zero-order chi connectivity index (χ0) is 14.8. The second-order valence-electron chi connectivity index (χ2n) is 6.14. The van der Waals surface area contributed by atoms with Crippen molar-refractivity contribution in [2.75, 3.05) is 20.8 Å². The Morgan fingerprint density at radius 3 is 2.15 bits per heavy atom. The highest BCUT2D eigenvalue weighted by Crippen LogP contribution is 2.46. The van der Waals surface area contributed by atoms with E-state index in [2.05, 4.69) is 26.0 Å². The van der Waals surface area contributed by atoms with Gasteiger partial charge in [0.1, 0.15) is 11.5 Å². The Bertz CT molecular complexity index is 462. The summed E-state index contributed by atoms with van der Waals surface area (Å²) in [5, 5.41) is 0. The van der Waals surface area contributed by atoms with Gasteiger partial charge in [-0.15, -0.1) is 0 Å². The van der Waals surface area contributed by atoms with Crippen LogP contribution in [0.4, 0.5) is 0 Å². The molecule has 1 aromatic rings. The summed E-state index contributed by atoms with van der Waals surface area (Å²) in [6, 6.07) is 4.29. The summed E-state index contributed by atoms with van der Waals surface area (Å²) < 4.78 is 11.3.